The fourth-order valence-electron chi connectivity index (χ4n) is 1.33. The molecule has 0 heterocycles. The molecular formula is C14H13ClOS. The van der Waals surface area contributed by atoms with Crippen LogP contribution in [0.15, 0.2) is 53.4 Å². The monoisotopic (exact) mass is 264 g/mol. The molecule has 0 bridgehead atoms. The number of ether oxygens (including phenoxy) is 1. The Morgan fingerprint density at radius 2 is 1.65 bits per heavy atom. The van der Waals surface area contributed by atoms with Crippen molar-refractivity contribution in [3.63, 3.8) is 0 Å². The average Bonchev–Trinajstić information content (AvgIpc) is 2.34. The first-order chi connectivity index (χ1) is 8.24. The molecule has 0 aliphatic carbocycles. The summed E-state index contributed by atoms with van der Waals surface area (Å²) in [6.45, 7) is 2.08. The molecule has 0 saturated carbocycles. The second-order valence-electron chi connectivity index (χ2n) is 3.67. The number of benzene rings is 2. The standard InChI is InChI=1S/C14H13ClOS/c1-11-2-8-14(9-3-11)17-10-16-13-6-4-12(15)5-7-13/h2-9H,10H2,1H3. The Balaban J connectivity index is 1.83. The topological polar surface area (TPSA) is 9.23 Å². The molecule has 0 aliphatic rings. The van der Waals surface area contributed by atoms with Gasteiger partial charge < -0.3 is 4.74 Å². The van der Waals surface area contributed by atoms with Crippen LogP contribution in [0.3, 0.4) is 0 Å². The second-order valence-corrected chi connectivity index (χ2v) is 5.11. The van der Waals surface area contributed by atoms with Crippen molar-refractivity contribution in [2.45, 2.75) is 11.8 Å². The molecule has 0 unspecified atom stereocenters. The molecule has 2 aromatic carbocycles. The lowest BCUT2D eigenvalue weighted by atomic mass is 10.2. The molecule has 2 rings (SSSR count). The third kappa shape index (κ3) is 3.99. The van der Waals surface area contributed by atoms with E-state index in [1.807, 2.05) is 24.3 Å². The Morgan fingerprint density at radius 1 is 1.00 bits per heavy atom. The predicted molar refractivity (Wildman–Crippen MR) is 74.0 cm³/mol. The molecule has 88 valence electrons. The maximum atomic E-state index is 5.80. The van der Waals surface area contributed by atoms with Crippen LogP contribution in [0.25, 0.3) is 0 Å². The number of aryl methyl sites for hydroxylation is 1. The Bertz CT molecular complexity index is 419. The van der Waals surface area contributed by atoms with Gasteiger partial charge in [0.25, 0.3) is 0 Å². The van der Waals surface area contributed by atoms with Gasteiger partial charge in [-0.25, -0.2) is 0 Å². The zero-order chi connectivity index (χ0) is 12.1. The Morgan fingerprint density at radius 3 is 2.29 bits per heavy atom. The summed E-state index contributed by atoms with van der Waals surface area (Å²) in [4.78, 5) is 1.21. The van der Waals surface area contributed by atoms with Crippen LogP contribution < -0.4 is 4.74 Å². The van der Waals surface area contributed by atoms with E-state index in [0.717, 1.165) is 10.8 Å². The number of hydrogen-bond acceptors (Lipinski definition) is 2. The van der Waals surface area contributed by atoms with E-state index in [9.17, 15) is 0 Å². The summed E-state index contributed by atoms with van der Waals surface area (Å²) in [5, 5.41) is 0.725. The van der Waals surface area contributed by atoms with Crippen molar-refractivity contribution in [3.8, 4) is 5.75 Å². The van der Waals surface area contributed by atoms with Crippen molar-refractivity contribution in [1.29, 1.82) is 0 Å². The van der Waals surface area contributed by atoms with Crippen molar-refractivity contribution < 1.29 is 4.74 Å². The first-order valence-electron chi connectivity index (χ1n) is 5.32. The minimum absolute atomic E-state index is 0.602. The maximum Gasteiger partial charge on any atom is 0.138 e. The van der Waals surface area contributed by atoms with Crippen molar-refractivity contribution in [2.24, 2.45) is 0 Å². The van der Waals surface area contributed by atoms with Gasteiger partial charge in [0.1, 0.15) is 11.7 Å². The molecule has 0 atom stereocenters. The molecule has 0 saturated heterocycles. The third-order valence-corrected chi connectivity index (χ3v) is 3.38. The van der Waals surface area contributed by atoms with Gasteiger partial charge >= 0.3 is 0 Å². The summed E-state index contributed by atoms with van der Waals surface area (Å²) in [6.07, 6.45) is 0. The molecule has 1 nitrogen and oxygen atoms in total. The molecule has 3 heteroatoms. The van der Waals surface area contributed by atoms with Crippen LogP contribution in [0.1, 0.15) is 5.56 Å². The van der Waals surface area contributed by atoms with Crippen molar-refractivity contribution in [3.05, 3.63) is 59.1 Å². The first kappa shape index (κ1) is 12.3. The van der Waals surface area contributed by atoms with Gasteiger partial charge in [0.15, 0.2) is 0 Å². The summed E-state index contributed by atoms with van der Waals surface area (Å²) in [5.41, 5.74) is 1.27. The highest BCUT2D eigenvalue weighted by Gasteiger charge is 1.96. The summed E-state index contributed by atoms with van der Waals surface area (Å²) in [6, 6.07) is 15.8. The van der Waals surface area contributed by atoms with Crippen LogP contribution >= 0.6 is 23.4 Å². The van der Waals surface area contributed by atoms with Crippen molar-refractivity contribution in [1.82, 2.24) is 0 Å². The first-order valence-corrected chi connectivity index (χ1v) is 6.68. The van der Waals surface area contributed by atoms with Crippen LogP contribution in [0.2, 0.25) is 5.02 Å². The highest BCUT2D eigenvalue weighted by Crippen LogP contribution is 2.21. The molecule has 0 N–H and O–H groups in total. The Labute approximate surface area is 111 Å². The number of hydrogen-bond donors (Lipinski definition) is 0. The molecule has 0 aromatic heterocycles. The molecule has 0 spiro atoms. The number of rotatable bonds is 4. The molecular weight excluding hydrogens is 252 g/mol. The van der Waals surface area contributed by atoms with Gasteiger partial charge in [-0.05, 0) is 43.3 Å². The molecule has 0 radical (unpaired) electrons. The van der Waals surface area contributed by atoms with Crippen LogP contribution in [0, 0.1) is 6.92 Å². The lowest BCUT2D eigenvalue weighted by molar-refractivity contribution is 0.393. The highest BCUT2D eigenvalue weighted by molar-refractivity contribution is 7.99. The largest absolute Gasteiger partial charge is 0.483 e. The van der Waals surface area contributed by atoms with E-state index < -0.39 is 0 Å². The van der Waals surface area contributed by atoms with Crippen LogP contribution in [-0.4, -0.2) is 5.94 Å². The maximum absolute atomic E-state index is 5.80. The van der Waals surface area contributed by atoms with Gasteiger partial charge in [-0.15, -0.1) is 0 Å². The number of thioether (sulfide) groups is 1. The fraction of sp³-hybridized carbons (Fsp3) is 0.143. The van der Waals surface area contributed by atoms with E-state index in [1.54, 1.807) is 11.8 Å². The van der Waals surface area contributed by atoms with Gasteiger partial charge in [0, 0.05) is 9.92 Å². The number of halogens is 1. The summed E-state index contributed by atoms with van der Waals surface area (Å²) in [5.74, 6) is 1.44. The Kier molecular flexibility index (Phi) is 4.35. The van der Waals surface area contributed by atoms with E-state index in [2.05, 4.69) is 31.2 Å². The van der Waals surface area contributed by atoms with E-state index in [1.165, 1.54) is 10.5 Å². The minimum Gasteiger partial charge on any atom is -0.483 e. The highest BCUT2D eigenvalue weighted by atomic mass is 35.5. The molecule has 0 aliphatic heterocycles. The van der Waals surface area contributed by atoms with Gasteiger partial charge in [-0.1, -0.05) is 41.1 Å². The summed E-state index contributed by atoms with van der Waals surface area (Å²) in [7, 11) is 0. The minimum atomic E-state index is 0.602. The van der Waals surface area contributed by atoms with Crippen LogP contribution in [-0.2, 0) is 0 Å². The average molecular weight is 265 g/mol. The summed E-state index contributed by atoms with van der Waals surface area (Å²) < 4.78 is 5.60. The smallest absolute Gasteiger partial charge is 0.138 e. The van der Waals surface area contributed by atoms with Gasteiger partial charge in [-0.2, -0.15) is 0 Å². The SMILES string of the molecule is Cc1ccc(SCOc2ccc(Cl)cc2)cc1. The van der Waals surface area contributed by atoms with Gasteiger partial charge in [0.2, 0.25) is 0 Å². The molecule has 0 amide bonds. The molecule has 0 fully saturated rings. The fourth-order valence-corrected chi connectivity index (χ4v) is 2.12. The van der Waals surface area contributed by atoms with Crippen LogP contribution in [0.5, 0.6) is 5.75 Å². The Hall–Kier alpha value is -1.12. The quantitative estimate of drug-likeness (QED) is 0.581. The summed E-state index contributed by atoms with van der Waals surface area (Å²) >= 11 is 7.47. The predicted octanol–water partition coefficient (Wildman–Crippen LogP) is 4.78. The van der Waals surface area contributed by atoms with E-state index in [4.69, 9.17) is 16.3 Å². The normalized spacial score (nSPS) is 10.2. The lowest BCUT2D eigenvalue weighted by Gasteiger charge is -2.06. The van der Waals surface area contributed by atoms with E-state index in [-0.39, 0.29) is 0 Å². The zero-order valence-electron chi connectivity index (χ0n) is 9.52. The van der Waals surface area contributed by atoms with E-state index >= 15 is 0 Å². The van der Waals surface area contributed by atoms with Crippen molar-refractivity contribution in [2.75, 3.05) is 5.94 Å². The molecule has 2 aromatic rings. The van der Waals surface area contributed by atoms with Gasteiger partial charge in [-0.3, -0.25) is 0 Å². The van der Waals surface area contributed by atoms with Gasteiger partial charge in [0.05, 0.1) is 0 Å². The van der Waals surface area contributed by atoms with Crippen LogP contribution in [0.4, 0.5) is 0 Å². The van der Waals surface area contributed by atoms with Crippen molar-refractivity contribution >= 4 is 23.4 Å². The molecule has 17 heavy (non-hydrogen) atoms. The zero-order valence-corrected chi connectivity index (χ0v) is 11.1. The third-order valence-electron chi connectivity index (χ3n) is 2.29. The second kappa shape index (κ2) is 5.99. The van der Waals surface area contributed by atoms with E-state index in [0.29, 0.717) is 5.94 Å². The lowest BCUT2D eigenvalue weighted by Crippen LogP contribution is -1.92.